The zero-order valence-electron chi connectivity index (χ0n) is 10.9. The van der Waals surface area contributed by atoms with Crippen LogP contribution in [0.4, 0.5) is 4.39 Å². The largest absolute Gasteiger partial charge is 0.388 e. The number of benzene rings is 1. The molecule has 0 radical (unpaired) electrons. The molecule has 0 aromatic heterocycles. The molecule has 108 valence electrons. The molecule has 0 aliphatic heterocycles. The summed E-state index contributed by atoms with van der Waals surface area (Å²) in [4.78, 5) is 0. The molecule has 0 saturated heterocycles. The summed E-state index contributed by atoms with van der Waals surface area (Å²) >= 11 is 1.44. The second kappa shape index (κ2) is 6.69. The number of halogens is 1. The van der Waals surface area contributed by atoms with Gasteiger partial charge in [-0.05, 0) is 30.9 Å². The smallest absolute Gasteiger partial charge is 0.215 e. The van der Waals surface area contributed by atoms with Crippen LogP contribution in [0, 0.1) is 5.82 Å². The van der Waals surface area contributed by atoms with Crippen molar-refractivity contribution in [1.29, 1.82) is 0 Å². The first kappa shape index (κ1) is 16.4. The van der Waals surface area contributed by atoms with Gasteiger partial charge >= 0.3 is 0 Å². The molecule has 1 atom stereocenters. The predicted octanol–water partition coefficient (Wildman–Crippen LogP) is 1.36. The molecule has 1 aromatic carbocycles. The minimum Gasteiger partial charge on any atom is -0.388 e. The highest BCUT2D eigenvalue weighted by Crippen LogP contribution is 2.11. The Bertz CT molecular complexity index is 500. The Morgan fingerprint density at radius 2 is 1.95 bits per heavy atom. The maximum Gasteiger partial charge on any atom is 0.215 e. The molecule has 0 heterocycles. The highest BCUT2D eigenvalue weighted by molar-refractivity contribution is 7.98. The summed E-state index contributed by atoms with van der Waals surface area (Å²) in [5.74, 6) is -0.202. The van der Waals surface area contributed by atoms with E-state index < -0.39 is 21.4 Å². The van der Waals surface area contributed by atoms with Crippen LogP contribution in [-0.4, -0.2) is 37.7 Å². The SMILES string of the molecule is CSC[C@](C)(O)CNS(=O)(=O)Cc1ccc(F)cc1. The van der Waals surface area contributed by atoms with Crippen molar-refractivity contribution in [2.75, 3.05) is 18.6 Å². The third-order valence-corrected chi connectivity index (χ3v) is 4.61. The van der Waals surface area contributed by atoms with E-state index in [1.165, 1.54) is 36.0 Å². The molecule has 0 fully saturated rings. The molecular weight excluding hydrogens is 289 g/mol. The number of hydrogen-bond acceptors (Lipinski definition) is 4. The van der Waals surface area contributed by atoms with Gasteiger partial charge in [-0.2, -0.15) is 11.8 Å². The Kier molecular flexibility index (Phi) is 5.79. The molecule has 1 rings (SSSR count). The number of sulfonamides is 1. The van der Waals surface area contributed by atoms with Gasteiger partial charge in [0, 0.05) is 12.3 Å². The van der Waals surface area contributed by atoms with Gasteiger partial charge < -0.3 is 5.11 Å². The third kappa shape index (κ3) is 6.38. The van der Waals surface area contributed by atoms with Crippen LogP contribution < -0.4 is 4.72 Å². The molecule has 0 unspecified atom stereocenters. The first-order chi connectivity index (χ1) is 8.74. The Morgan fingerprint density at radius 3 is 2.47 bits per heavy atom. The average molecular weight is 307 g/mol. The van der Waals surface area contributed by atoms with E-state index in [-0.39, 0.29) is 12.3 Å². The van der Waals surface area contributed by atoms with Gasteiger partial charge in [0.2, 0.25) is 10.0 Å². The van der Waals surface area contributed by atoms with E-state index in [1.54, 1.807) is 6.92 Å². The standard InChI is InChI=1S/C12H18FNO3S2/c1-12(15,9-18-2)8-14-19(16,17)7-10-3-5-11(13)6-4-10/h3-6,14-15H,7-9H2,1-2H3/t12-/m1/s1. The molecule has 0 saturated carbocycles. The zero-order valence-corrected chi connectivity index (χ0v) is 12.5. The van der Waals surface area contributed by atoms with Crippen molar-refractivity contribution in [1.82, 2.24) is 4.72 Å². The van der Waals surface area contributed by atoms with Crippen LogP contribution in [-0.2, 0) is 15.8 Å². The van der Waals surface area contributed by atoms with E-state index in [0.717, 1.165) is 0 Å². The molecule has 4 nitrogen and oxygen atoms in total. The minimum absolute atomic E-state index is 0.0443. The fourth-order valence-corrected chi connectivity index (χ4v) is 3.47. The van der Waals surface area contributed by atoms with Gasteiger partial charge in [-0.25, -0.2) is 17.5 Å². The van der Waals surface area contributed by atoms with Gasteiger partial charge in [0.25, 0.3) is 0 Å². The fraction of sp³-hybridized carbons (Fsp3) is 0.500. The number of nitrogens with one attached hydrogen (secondary N) is 1. The van der Waals surface area contributed by atoms with E-state index in [4.69, 9.17) is 0 Å². The highest BCUT2D eigenvalue weighted by Gasteiger charge is 2.22. The van der Waals surface area contributed by atoms with E-state index >= 15 is 0 Å². The van der Waals surface area contributed by atoms with Crippen LogP contribution >= 0.6 is 11.8 Å². The maximum atomic E-state index is 12.7. The van der Waals surface area contributed by atoms with Crippen molar-refractivity contribution >= 4 is 21.8 Å². The van der Waals surface area contributed by atoms with Crippen molar-refractivity contribution in [3.63, 3.8) is 0 Å². The Balaban J connectivity index is 2.59. The monoisotopic (exact) mass is 307 g/mol. The molecular formula is C12H18FNO3S2. The lowest BCUT2D eigenvalue weighted by Crippen LogP contribution is -2.42. The molecule has 0 aliphatic carbocycles. The zero-order chi connectivity index (χ0) is 14.5. The number of hydrogen-bond donors (Lipinski definition) is 2. The fourth-order valence-electron chi connectivity index (χ4n) is 1.48. The van der Waals surface area contributed by atoms with Crippen molar-refractivity contribution in [2.45, 2.75) is 18.3 Å². The van der Waals surface area contributed by atoms with E-state index in [9.17, 15) is 17.9 Å². The molecule has 0 spiro atoms. The molecule has 19 heavy (non-hydrogen) atoms. The van der Waals surface area contributed by atoms with Gasteiger partial charge in [-0.15, -0.1) is 0 Å². The van der Waals surface area contributed by atoms with Crippen LogP contribution in [0.2, 0.25) is 0 Å². The van der Waals surface area contributed by atoms with Crippen molar-refractivity contribution < 1.29 is 17.9 Å². The number of rotatable bonds is 7. The van der Waals surface area contributed by atoms with Crippen molar-refractivity contribution in [3.8, 4) is 0 Å². The van der Waals surface area contributed by atoms with Crippen molar-refractivity contribution in [3.05, 3.63) is 35.6 Å². The summed E-state index contributed by atoms with van der Waals surface area (Å²) in [6.07, 6.45) is 1.83. The predicted molar refractivity (Wildman–Crippen MR) is 76.0 cm³/mol. The van der Waals surface area contributed by atoms with Gasteiger partial charge in [0.15, 0.2) is 0 Å². The summed E-state index contributed by atoms with van der Waals surface area (Å²) in [5.41, 5.74) is -0.589. The van der Waals surface area contributed by atoms with Gasteiger partial charge in [-0.3, -0.25) is 0 Å². The normalized spacial score (nSPS) is 15.2. The van der Waals surface area contributed by atoms with Crippen LogP contribution in [0.1, 0.15) is 12.5 Å². The second-order valence-corrected chi connectivity index (χ2v) is 7.31. The number of aliphatic hydroxyl groups is 1. The van der Waals surface area contributed by atoms with E-state index in [0.29, 0.717) is 11.3 Å². The first-order valence-corrected chi connectivity index (χ1v) is 8.72. The quantitative estimate of drug-likeness (QED) is 0.798. The van der Waals surface area contributed by atoms with Gasteiger partial charge in [0.05, 0.1) is 11.4 Å². The molecule has 0 aliphatic rings. The Morgan fingerprint density at radius 1 is 1.37 bits per heavy atom. The Hall–Kier alpha value is -0.630. The average Bonchev–Trinajstić information content (AvgIpc) is 2.30. The maximum absolute atomic E-state index is 12.7. The molecule has 0 bridgehead atoms. The summed E-state index contributed by atoms with van der Waals surface area (Å²) in [5, 5.41) is 9.88. The van der Waals surface area contributed by atoms with Crippen LogP contribution in [0.25, 0.3) is 0 Å². The highest BCUT2D eigenvalue weighted by atomic mass is 32.2. The lowest BCUT2D eigenvalue weighted by atomic mass is 10.1. The lowest BCUT2D eigenvalue weighted by molar-refractivity contribution is 0.0908. The van der Waals surface area contributed by atoms with Crippen LogP contribution in [0.5, 0.6) is 0 Å². The Labute approximate surface area is 117 Å². The minimum atomic E-state index is -3.54. The third-order valence-electron chi connectivity index (χ3n) is 2.40. The number of thioether (sulfide) groups is 1. The lowest BCUT2D eigenvalue weighted by Gasteiger charge is -2.22. The van der Waals surface area contributed by atoms with E-state index in [2.05, 4.69) is 4.72 Å². The summed E-state index contributed by atoms with van der Waals surface area (Å²) < 4.78 is 38.7. The molecule has 7 heteroatoms. The topological polar surface area (TPSA) is 66.4 Å². The molecule has 1 aromatic rings. The van der Waals surface area contributed by atoms with Crippen LogP contribution in [0.3, 0.4) is 0 Å². The van der Waals surface area contributed by atoms with Crippen molar-refractivity contribution in [2.24, 2.45) is 0 Å². The second-order valence-electron chi connectivity index (χ2n) is 4.64. The molecule has 0 amide bonds. The van der Waals surface area contributed by atoms with Gasteiger partial charge in [-0.1, -0.05) is 12.1 Å². The van der Waals surface area contributed by atoms with Crippen LogP contribution in [0.15, 0.2) is 24.3 Å². The summed E-state index contributed by atoms with van der Waals surface area (Å²) in [6, 6.07) is 5.28. The first-order valence-electron chi connectivity index (χ1n) is 5.67. The van der Waals surface area contributed by atoms with Gasteiger partial charge in [0.1, 0.15) is 5.82 Å². The molecule has 2 N–H and O–H groups in total. The summed E-state index contributed by atoms with van der Waals surface area (Å²) in [6.45, 7) is 1.53. The van der Waals surface area contributed by atoms with E-state index in [1.807, 2.05) is 6.26 Å². The summed E-state index contributed by atoms with van der Waals surface area (Å²) in [7, 11) is -3.54.